The van der Waals surface area contributed by atoms with Gasteiger partial charge >= 0.3 is 0 Å². The van der Waals surface area contributed by atoms with Crippen LogP contribution in [0.4, 0.5) is 5.69 Å². The van der Waals surface area contributed by atoms with E-state index in [1.165, 1.54) is 10.9 Å². The maximum Gasteiger partial charge on any atom is 0.212 e. The molecule has 0 radical (unpaired) electrons. The van der Waals surface area contributed by atoms with Crippen LogP contribution in [0.1, 0.15) is 5.82 Å². The number of nitrogens with two attached hydrogens (primary N) is 1. The van der Waals surface area contributed by atoms with Gasteiger partial charge in [0.1, 0.15) is 5.75 Å². The van der Waals surface area contributed by atoms with Crippen LogP contribution >= 0.6 is 23.2 Å². The molecule has 0 atom stereocenters. The normalized spacial score (nSPS) is 10.5. The molecule has 0 aliphatic heterocycles. The molecular formula is C9H9Cl2N5O. The third-order valence-electron chi connectivity index (χ3n) is 1.96. The SMILES string of the molecule is Cn1nnc(COc2cc(Cl)c(Cl)cc2N)n1. The number of nitrogen functional groups attached to an aromatic ring is 1. The topological polar surface area (TPSA) is 78.8 Å². The number of rotatable bonds is 3. The predicted molar refractivity (Wildman–Crippen MR) is 64.0 cm³/mol. The zero-order chi connectivity index (χ0) is 12.4. The Balaban J connectivity index is 2.11. The van der Waals surface area contributed by atoms with Gasteiger partial charge in [-0.1, -0.05) is 23.2 Å². The summed E-state index contributed by atoms with van der Waals surface area (Å²) in [7, 11) is 1.67. The second kappa shape index (κ2) is 4.77. The summed E-state index contributed by atoms with van der Waals surface area (Å²) in [6.45, 7) is 0.163. The molecule has 0 fully saturated rings. The molecule has 0 aliphatic carbocycles. The summed E-state index contributed by atoms with van der Waals surface area (Å²) in [6, 6.07) is 3.08. The minimum atomic E-state index is 0.163. The Morgan fingerprint density at radius 1 is 1.35 bits per heavy atom. The molecule has 0 amide bonds. The van der Waals surface area contributed by atoms with Crippen LogP contribution in [-0.4, -0.2) is 20.2 Å². The number of anilines is 1. The van der Waals surface area contributed by atoms with Crippen molar-refractivity contribution in [2.45, 2.75) is 6.61 Å². The van der Waals surface area contributed by atoms with Crippen LogP contribution in [0.3, 0.4) is 0 Å². The standard InChI is InChI=1S/C9H9Cl2N5O/c1-16-14-9(13-15-16)4-17-8-3-6(11)5(10)2-7(8)12/h2-3H,4,12H2,1H3. The van der Waals surface area contributed by atoms with Gasteiger partial charge in [0.05, 0.1) is 22.8 Å². The van der Waals surface area contributed by atoms with Gasteiger partial charge in [0.2, 0.25) is 5.82 Å². The second-order valence-corrected chi connectivity index (χ2v) is 4.10. The van der Waals surface area contributed by atoms with Crippen molar-refractivity contribution in [1.82, 2.24) is 20.2 Å². The van der Waals surface area contributed by atoms with E-state index in [4.69, 9.17) is 33.7 Å². The van der Waals surface area contributed by atoms with Gasteiger partial charge in [-0.25, -0.2) is 0 Å². The van der Waals surface area contributed by atoms with E-state index in [2.05, 4.69) is 15.4 Å². The highest BCUT2D eigenvalue weighted by Crippen LogP contribution is 2.32. The quantitative estimate of drug-likeness (QED) is 0.861. The van der Waals surface area contributed by atoms with E-state index in [0.29, 0.717) is 27.3 Å². The summed E-state index contributed by atoms with van der Waals surface area (Å²) in [5.74, 6) is 0.893. The van der Waals surface area contributed by atoms with Crippen molar-refractivity contribution in [2.75, 3.05) is 5.73 Å². The van der Waals surface area contributed by atoms with Crippen molar-refractivity contribution in [1.29, 1.82) is 0 Å². The van der Waals surface area contributed by atoms with Crippen molar-refractivity contribution < 1.29 is 4.74 Å². The van der Waals surface area contributed by atoms with E-state index in [1.807, 2.05) is 0 Å². The molecule has 2 N–H and O–H groups in total. The fourth-order valence-corrected chi connectivity index (χ4v) is 1.52. The van der Waals surface area contributed by atoms with E-state index in [0.717, 1.165) is 0 Å². The first kappa shape index (κ1) is 11.9. The molecule has 2 aromatic rings. The van der Waals surface area contributed by atoms with Crippen LogP contribution in [0.2, 0.25) is 10.0 Å². The number of ether oxygens (including phenoxy) is 1. The fourth-order valence-electron chi connectivity index (χ4n) is 1.19. The highest BCUT2D eigenvalue weighted by molar-refractivity contribution is 6.42. The predicted octanol–water partition coefficient (Wildman–Crippen LogP) is 1.68. The number of nitrogens with zero attached hydrogens (tertiary/aromatic N) is 4. The molecule has 0 saturated heterocycles. The summed E-state index contributed by atoms with van der Waals surface area (Å²) in [5.41, 5.74) is 6.14. The van der Waals surface area contributed by atoms with Crippen LogP contribution in [0, 0.1) is 0 Å². The minimum absolute atomic E-state index is 0.163. The lowest BCUT2D eigenvalue weighted by Crippen LogP contribution is -2.01. The fraction of sp³-hybridized carbons (Fsp3) is 0.222. The van der Waals surface area contributed by atoms with E-state index in [9.17, 15) is 0 Å². The molecule has 0 unspecified atom stereocenters. The number of halogens is 2. The molecule has 2 rings (SSSR count). The number of hydrogen-bond donors (Lipinski definition) is 1. The third-order valence-corrected chi connectivity index (χ3v) is 2.68. The second-order valence-electron chi connectivity index (χ2n) is 3.29. The first-order chi connectivity index (χ1) is 8.06. The Morgan fingerprint density at radius 2 is 2.06 bits per heavy atom. The minimum Gasteiger partial charge on any atom is -0.483 e. The van der Waals surface area contributed by atoms with Gasteiger partial charge in [-0.2, -0.15) is 4.80 Å². The molecule has 0 aliphatic rings. The summed E-state index contributed by atoms with van der Waals surface area (Å²) in [5, 5.41) is 12.2. The van der Waals surface area contributed by atoms with Crippen molar-refractivity contribution in [3.63, 3.8) is 0 Å². The first-order valence-corrected chi connectivity index (χ1v) is 5.42. The molecule has 17 heavy (non-hydrogen) atoms. The molecule has 0 bridgehead atoms. The zero-order valence-electron chi connectivity index (χ0n) is 8.89. The average Bonchev–Trinajstić information content (AvgIpc) is 2.68. The molecule has 0 saturated carbocycles. The Hall–Kier alpha value is -1.53. The zero-order valence-corrected chi connectivity index (χ0v) is 10.4. The van der Waals surface area contributed by atoms with E-state index in [-0.39, 0.29) is 6.61 Å². The number of benzene rings is 1. The number of aromatic nitrogens is 4. The number of aryl methyl sites for hydroxylation is 1. The monoisotopic (exact) mass is 273 g/mol. The molecule has 8 heteroatoms. The maximum atomic E-state index is 5.86. The smallest absolute Gasteiger partial charge is 0.212 e. The lowest BCUT2D eigenvalue weighted by atomic mass is 10.3. The van der Waals surface area contributed by atoms with E-state index in [1.54, 1.807) is 13.1 Å². The summed E-state index contributed by atoms with van der Waals surface area (Å²) in [4.78, 5) is 1.34. The van der Waals surface area contributed by atoms with Gasteiger partial charge in [-0.3, -0.25) is 0 Å². The van der Waals surface area contributed by atoms with Gasteiger partial charge in [0, 0.05) is 6.07 Å². The Morgan fingerprint density at radius 3 is 2.71 bits per heavy atom. The van der Waals surface area contributed by atoms with Gasteiger partial charge in [0.25, 0.3) is 0 Å². The lowest BCUT2D eigenvalue weighted by molar-refractivity contribution is 0.297. The van der Waals surface area contributed by atoms with Crippen molar-refractivity contribution in [3.05, 3.63) is 28.0 Å². The van der Waals surface area contributed by atoms with Crippen LogP contribution in [0.25, 0.3) is 0 Å². The van der Waals surface area contributed by atoms with Crippen molar-refractivity contribution in [2.24, 2.45) is 7.05 Å². The van der Waals surface area contributed by atoms with E-state index < -0.39 is 0 Å². The van der Waals surface area contributed by atoms with Gasteiger partial charge in [-0.15, -0.1) is 10.2 Å². The first-order valence-electron chi connectivity index (χ1n) is 4.66. The summed E-state index contributed by atoms with van der Waals surface area (Å²) < 4.78 is 5.43. The Kier molecular flexibility index (Phi) is 3.35. The molecule has 0 spiro atoms. The van der Waals surface area contributed by atoms with Crippen LogP contribution in [-0.2, 0) is 13.7 Å². The average molecular weight is 274 g/mol. The Labute approximate surface area is 107 Å². The van der Waals surface area contributed by atoms with E-state index >= 15 is 0 Å². The van der Waals surface area contributed by atoms with Crippen LogP contribution in [0.5, 0.6) is 5.75 Å². The van der Waals surface area contributed by atoms with Crippen molar-refractivity contribution in [3.8, 4) is 5.75 Å². The number of hydrogen-bond acceptors (Lipinski definition) is 5. The highest BCUT2D eigenvalue weighted by atomic mass is 35.5. The summed E-state index contributed by atoms with van der Waals surface area (Å²) >= 11 is 11.7. The molecule has 6 nitrogen and oxygen atoms in total. The largest absolute Gasteiger partial charge is 0.483 e. The lowest BCUT2D eigenvalue weighted by Gasteiger charge is -2.08. The maximum absolute atomic E-state index is 5.86. The van der Waals surface area contributed by atoms with Gasteiger partial charge in [0.15, 0.2) is 6.61 Å². The molecule has 1 aromatic carbocycles. The number of tetrazole rings is 1. The molecule has 1 aromatic heterocycles. The van der Waals surface area contributed by atoms with Crippen LogP contribution in [0.15, 0.2) is 12.1 Å². The van der Waals surface area contributed by atoms with Gasteiger partial charge in [-0.05, 0) is 11.3 Å². The van der Waals surface area contributed by atoms with Crippen molar-refractivity contribution >= 4 is 28.9 Å². The van der Waals surface area contributed by atoms with Gasteiger partial charge < -0.3 is 10.5 Å². The molecule has 90 valence electrons. The molecule has 1 heterocycles. The highest BCUT2D eigenvalue weighted by Gasteiger charge is 2.08. The molecular weight excluding hydrogens is 265 g/mol. The summed E-state index contributed by atoms with van der Waals surface area (Å²) in [6.07, 6.45) is 0. The Bertz CT molecular complexity index is 542. The van der Waals surface area contributed by atoms with Crippen LogP contribution < -0.4 is 10.5 Å². The third kappa shape index (κ3) is 2.78.